The van der Waals surface area contributed by atoms with E-state index in [0.717, 1.165) is 16.3 Å². The third-order valence-corrected chi connectivity index (χ3v) is 4.59. The Morgan fingerprint density at radius 1 is 1.24 bits per heavy atom. The molecule has 2 aromatic rings. The lowest BCUT2D eigenvalue weighted by Crippen LogP contribution is -2.36. The van der Waals surface area contributed by atoms with Gasteiger partial charge in [-0.05, 0) is 31.5 Å². The minimum absolute atomic E-state index is 0. The highest BCUT2D eigenvalue weighted by molar-refractivity contribution is 14.0. The van der Waals surface area contributed by atoms with Crippen LogP contribution < -0.4 is 16.0 Å². The van der Waals surface area contributed by atoms with Crippen molar-refractivity contribution in [3.05, 3.63) is 51.0 Å². The van der Waals surface area contributed by atoms with E-state index in [1.165, 1.54) is 4.88 Å². The zero-order chi connectivity index (χ0) is 17.5. The van der Waals surface area contributed by atoms with Crippen molar-refractivity contribution < 1.29 is 4.79 Å². The number of amides is 1. The number of carbonyl (C=O) groups is 1. The molecule has 1 aromatic heterocycles. The van der Waals surface area contributed by atoms with Crippen LogP contribution >= 0.6 is 35.3 Å². The second-order valence-corrected chi connectivity index (χ2v) is 6.59. The van der Waals surface area contributed by atoms with Gasteiger partial charge in [0.1, 0.15) is 0 Å². The lowest BCUT2D eigenvalue weighted by atomic mass is 10.1. The molecule has 0 aliphatic heterocycles. The third-order valence-electron chi connectivity index (χ3n) is 3.52. The van der Waals surface area contributed by atoms with E-state index in [0.29, 0.717) is 24.6 Å². The van der Waals surface area contributed by atoms with Gasteiger partial charge < -0.3 is 16.0 Å². The van der Waals surface area contributed by atoms with E-state index in [4.69, 9.17) is 0 Å². The molecule has 0 aliphatic rings. The lowest BCUT2D eigenvalue weighted by molar-refractivity contribution is 0.0963. The standard InChI is InChI=1S/C17H23N5OS.HI/c1-11-15(24-12(2)22-11)10-21-17(19-4)20-9-13-6-5-7-14(8-13)16(23)18-3;/h5-8H,9-10H2,1-4H3,(H,18,23)(H2,19,20,21);1H. The number of benzene rings is 1. The summed E-state index contributed by atoms with van der Waals surface area (Å²) in [5.74, 6) is 0.626. The Labute approximate surface area is 169 Å². The summed E-state index contributed by atoms with van der Waals surface area (Å²) in [5, 5.41) is 10.2. The van der Waals surface area contributed by atoms with Crippen molar-refractivity contribution in [3.8, 4) is 0 Å². The molecule has 0 radical (unpaired) electrons. The summed E-state index contributed by atoms with van der Waals surface area (Å²) in [6.45, 7) is 5.30. The van der Waals surface area contributed by atoms with Crippen LogP contribution in [0.5, 0.6) is 0 Å². The molecule has 1 heterocycles. The summed E-state index contributed by atoms with van der Waals surface area (Å²) in [4.78, 5) is 21.5. The quantitative estimate of drug-likeness (QED) is 0.355. The summed E-state index contributed by atoms with van der Waals surface area (Å²) in [5.41, 5.74) is 2.72. The first-order chi connectivity index (χ1) is 11.5. The smallest absolute Gasteiger partial charge is 0.251 e. The average molecular weight is 473 g/mol. The van der Waals surface area contributed by atoms with Crippen LogP contribution in [0.1, 0.15) is 31.5 Å². The monoisotopic (exact) mass is 473 g/mol. The van der Waals surface area contributed by atoms with Crippen molar-refractivity contribution in [1.82, 2.24) is 20.9 Å². The van der Waals surface area contributed by atoms with Crippen molar-refractivity contribution >= 4 is 47.2 Å². The lowest BCUT2D eigenvalue weighted by Gasteiger charge is -2.12. The van der Waals surface area contributed by atoms with E-state index in [1.807, 2.05) is 32.0 Å². The summed E-state index contributed by atoms with van der Waals surface area (Å²) >= 11 is 1.69. The number of carbonyl (C=O) groups excluding carboxylic acids is 1. The molecule has 1 amide bonds. The molecule has 2 rings (SSSR count). The number of nitrogens with one attached hydrogen (secondary N) is 3. The molecule has 0 saturated carbocycles. The van der Waals surface area contributed by atoms with E-state index in [-0.39, 0.29) is 29.9 Å². The number of thiazole rings is 1. The van der Waals surface area contributed by atoms with Gasteiger partial charge >= 0.3 is 0 Å². The Bertz CT molecular complexity index is 744. The van der Waals surface area contributed by atoms with Gasteiger partial charge in [-0.15, -0.1) is 35.3 Å². The van der Waals surface area contributed by atoms with E-state index in [9.17, 15) is 4.79 Å². The predicted molar refractivity (Wildman–Crippen MR) is 114 cm³/mol. The molecule has 0 bridgehead atoms. The topological polar surface area (TPSA) is 78.4 Å². The van der Waals surface area contributed by atoms with Crippen molar-refractivity contribution in [2.45, 2.75) is 26.9 Å². The maximum atomic E-state index is 11.7. The highest BCUT2D eigenvalue weighted by Crippen LogP contribution is 2.16. The molecule has 0 saturated heterocycles. The maximum absolute atomic E-state index is 11.7. The Hall–Kier alpha value is -1.68. The Balaban J connectivity index is 0.00000312. The zero-order valence-electron chi connectivity index (χ0n) is 14.8. The highest BCUT2D eigenvalue weighted by atomic mass is 127. The molecular weight excluding hydrogens is 449 g/mol. The molecule has 1 aromatic carbocycles. The number of hydrogen-bond acceptors (Lipinski definition) is 4. The molecule has 0 unspecified atom stereocenters. The number of nitrogens with zero attached hydrogens (tertiary/aromatic N) is 2. The van der Waals surface area contributed by atoms with Crippen molar-refractivity contribution in [3.63, 3.8) is 0 Å². The fourth-order valence-corrected chi connectivity index (χ4v) is 3.15. The fourth-order valence-electron chi connectivity index (χ4n) is 2.27. The van der Waals surface area contributed by atoms with Gasteiger partial charge in [0.2, 0.25) is 0 Å². The van der Waals surface area contributed by atoms with Gasteiger partial charge in [-0.1, -0.05) is 12.1 Å². The highest BCUT2D eigenvalue weighted by Gasteiger charge is 2.07. The van der Waals surface area contributed by atoms with Crippen LogP contribution in [0.25, 0.3) is 0 Å². The van der Waals surface area contributed by atoms with Crippen LogP contribution in [0.2, 0.25) is 0 Å². The Morgan fingerprint density at radius 3 is 2.56 bits per heavy atom. The minimum Gasteiger partial charge on any atom is -0.355 e. The number of aromatic nitrogens is 1. The number of rotatable bonds is 5. The Kier molecular flexibility index (Phi) is 8.84. The van der Waals surface area contributed by atoms with Gasteiger partial charge in [0.05, 0.1) is 17.2 Å². The number of aryl methyl sites for hydroxylation is 2. The predicted octanol–water partition coefficient (Wildman–Crippen LogP) is 2.60. The molecule has 0 fully saturated rings. The molecule has 0 spiro atoms. The van der Waals surface area contributed by atoms with E-state index in [2.05, 4.69) is 25.9 Å². The van der Waals surface area contributed by atoms with Crippen LogP contribution in [-0.4, -0.2) is 30.9 Å². The molecule has 136 valence electrons. The molecule has 0 atom stereocenters. The van der Waals surface area contributed by atoms with Gasteiger partial charge in [0.25, 0.3) is 5.91 Å². The minimum atomic E-state index is -0.0876. The van der Waals surface area contributed by atoms with Gasteiger partial charge in [0, 0.05) is 31.1 Å². The molecule has 6 nitrogen and oxygen atoms in total. The van der Waals surface area contributed by atoms with Crippen LogP contribution in [0.3, 0.4) is 0 Å². The van der Waals surface area contributed by atoms with Gasteiger partial charge in [-0.25, -0.2) is 4.98 Å². The first-order valence-electron chi connectivity index (χ1n) is 7.72. The molecule has 0 aliphatic carbocycles. The molecule has 3 N–H and O–H groups in total. The van der Waals surface area contributed by atoms with E-state index >= 15 is 0 Å². The first kappa shape index (κ1) is 21.4. The first-order valence-corrected chi connectivity index (χ1v) is 8.53. The van der Waals surface area contributed by atoms with E-state index in [1.54, 1.807) is 31.5 Å². The summed E-state index contributed by atoms with van der Waals surface area (Å²) in [6, 6.07) is 7.52. The largest absolute Gasteiger partial charge is 0.355 e. The van der Waals surface area contributed by atoms with Crippen LogP contribution in [0.15, 0.2) is 29.3 Å². The van der Waals surface area contributed by atoms with Gasteiger partial charge in [-0.3, -0.25) is 9.79 Å². The third kappa shape index (κ3) is 6.28. The van der Waals surface area contributed by atoms with Gasteiger partial charge in [0.15, 0.2) is 5.96 Å². The van der Waals surface area contributed by atoms with E-state index < -0.39 is 0 Å². The summed E-state index contributed by atoms with van der Waals surface area (Å²) in [7, 11) is 3.36. The maximum Gasteiger partial charge on any atom is 0.251 e. The number of hydrogen-bond donors (Lipinski definition) is 3. The van der Waals surface area contributed by atoms with Crippen molar-refractivity contribution in [2.24, 2.45) is 4.99 Å². The number of guanidine groups is 1. The Morgan fingerprint density at radius 2 is 1.96 bits per heavy atom. The van der Waals surface area contributed by atoms with Crippen molar-refractivity contribution in [1.29, 1.82) is 0 Å². The fraction of sp³-hybridized carbons (Fsp3) is 0.353. The van der Waals surface area contributed by atoms with Crippen LogP contribution in [0.4, 0.5) is 0 Å². The second kappa shape index (κ2) is 10.3. The SMILES string of the molecule is CN=C(NCc1cccc(C(=O)NC)c1)NCc1sc(C)nc1C.I. The van der Waals surface area contributed by atoms with Crippen LogP contribution in [0, 0.1) is 13.8 Å². The number of halogens is 1. The average Bonchev–Trinajstić information content (AvgIpc) is 2.92. The van der Waals surface area contributed by atoms with Crippen molar-refractivity contribution in [2.75, 3.05) is 14.1 Å². The molecule has 25 heavy (non-hydrogen) atoms. The van der Waals surface area contributed by atoms with Gasteiger partial charge in [-0.2, -0.15) is 0 Å². The number of aliphatic imine (C=N–C) groups is 1. The molecular formula is C17H24IN5OS. The summed E-state index contributed by atoms with van der Waals surface area (Å²) in [6.07, 6.45) is 0. The van der Waals surface area contributed by atoms with Crippen LogP contribution in [-0.2, 0) is 13.1 Å². The summed E-state index contributed by atoms with van der Waals surface area (Å²) < 4.78 is 0. The normalized spacial score (nSPS) is 10.8. The molecule has 8 heteroatoms. The second-order valence-electron chi connectivity index (χ2n) is 5.30. The zero-order valence-corrected chi connectivity index (χ0v) is 18.0.